The third-order valence-corrected chi connectivity index (χ3v) is 5.37. The van der Waals surface area contributed by atoms with Crippen LogP contribution in [0.25, 0.3) is 11.0 Å². The first-order valence-corrected chi connectivity index (χ1v) is 11.2. The van der Waals surface area contributed by atoms with E-state index in [0.29, 0.717) is 40.9 Å². The molecule has 1 aliphatic heterocycles. The van der Waals surface area contributed by atoms with Gasteiger partial charge in [-0.15, -0.1) is 0 Å². The number of fused-ring (bicyclic) bond motifs is 1. The summed E-state index contributed by atoms with van der Waals surface area (Å²) in [6, 6.07) is 2.01. The van der Waals surface area contributed by atoms with Gasteiger partial charge in [0.1, 0.15) is 29.3 Å². The molecule has 34 heavy (non-hydrogen) atoms. The largest absolute Gasteiger partial charge is 0.411 e. The van der Waals surface area contributed by atoms with Crippen LogP contribution in [0.4, 0.5) is 30.8 Å². The van der Waals surface area contributed by atoms with E-state index in [9.17, 15) is 13.2 Å². The van der Waals surface area contributed by atoms with Crippen LogP contribution in [0.2, 0.25) is 0 Å². The molecule has 0 amide bonds. The summed E-state index contributed by atoms with van der Waals surface area (Å²) in [5.41, 5.74) is 1.98. The number of alkyl halides is 3. The Morgan fingerprint density at radius 2 is 2.09 bits per heavy atom. The highest BCUT2D eigenvalue weighted by atomic mass is 19.4. The molecular formula is C21H28F3N9O. The molecule has 3 aromatic heterocycles. The first-order chi connectivity index (χ1) is 16.2. The minimum atomic E-state index is -4.38. The predicted octanol–water partition coefficient (Wildman–Crippen LogP) is 2.61. The molecule has 13 heteroatoms. The maximum Gasteiger partial charge on any atom is 0.411 e. The number of nitrogens with one attached hydrogen (secondary N) is 2. The number of nitrogens with zero attached hydrogens (tertiary/aromatic N) is 7. The van der Waals surface area contributed by atoms with Gasteiger partial charge in [0.15, 0.2) is 5.82 Å². The summed E-state index contributed by atoms with van der Waals surface area (Å²) in [6.07, 6.45) is -2.13. The number of anilines is 3. The van der Waals surface area contributed by atoms with Crippen molar-refractivity contribution in [3.05, 3.63) is 23.8 Å². The minimum Gasteiger partial charge on any atom is -0.370 e. The molecule has 2 N–H and O–H groups in total. The number of hydrogen-bond acceptors (Lipinski definition) is 9. The monoisotopic (exact) mass is 479 g/mol. The number of rotatable bonds is 8. The van der Waals surface area contributed by atoms with E-state index in [2.05, 4.69) is 37.5 Å². The van der Waals surface area contributed by atoms with Gasteiger partial charge >= 0.3 is 6.18 Å². The lowest BCUT2D eigenvalue weighted by atomic mass is 10.2. The van der Waals surface area contributed by atoms with Gasteiger partial charge in [-0.1, -0.05) is 6.92 Å². The quantitative estimate of drug-likeness (QED) is 0.472. The molecule has 1 aliphatic rings. The van der Waals surface area contributed by atoms with Crippen molar-refractivity contribution in [2.75, 3.05) is 43.1 Å². The zero-order valence-corrected chi connectivity index (χ0v) is 19.4. The molecule has 3 aromatic rings. The standard InChI is InChI=1S/C21H28F3N9O/c1-4-15-17-18(33(31-15)9-10-34-12-21(22,23)24)19(28-16-5-6-26-14(3)27-16)30-20(29-17)32-8-7-25-13(2)11-32/h5-6,13,25H,4,7-12H2,1-3H3,(H,26,27,28,29,30)/t13-/m1/s1. The first-order valence-electron chi connectivity index (χ1n) is 11.2. The molecule has 0 unspecified atom stereocenters. The SMILES string of the molecule is CCc1nn(CCOCC(F)(F)F)c2c(Nc3ccnc(C)n3)nc(N3CCN[C@H](C)C3)nc12. The van der Waals surface area contributed by atoms with Gasteiger partial charge in [-0.2, -0.15) is 23.3 Å². The Kier molecular flexibility index (Phi) is 7.12. The van der Waals surface area contributed by atoms with Crippen LogP contribution in [0.3, 0.4) is 0 Å². The van der Waals surface area contributed by atoms with Crippen molar-refractivity contribution in [2.45, 2.75) is 46.0 Å². The van der Waals surface area contributed by atoms with Gasteiger partial charge in [-0.3, -0.25) is 4.68 Å². The van der Waals surface area contributed by atoms with E-state index in [-0.39, 0.29) is 19.2 Å². The molecule has 1 fully saturated rings. The Morgan fingerprint density at radius 1 is 1.26 bits per heavy atom. The van der Waals surface area contributed by atoms with Gasteiger partial charge in [-0.05, 0) is 26.3 Å². The molecule has 0 radical (unpaired) electrons. The Balaban J connectivity index is 1.74. The molecule has 0 aliphatic carbocycles. The van der Waals surface area contributed by atoms with Crippen LogP contribution >= 0.6 is 0 Å². The van der Waals surface area contributed by atoms with Gasteiger partial charge in [0.25, 0.3) is 0 Å². The molecule has 1 atom stereocenters. The highest BCUT2D eigenvalue weighted by Gasteiger charge is 2.28. The third-order valence-electron chi connectivity index (χ3n) is 5.37. The fourth-order valence-corrected chi connectivity index (χ4v) is 3.86. The lowest BCUT2D eigenvalue weighted by Crippen LogP contribution is -2.49. The number of aryl methyl sites for hydroxylation is 2. The van der Waals surface area contributed by atoms with Crippen LogP contribution in [0, 0.1) is 6.92 Å². The average Bonchev–Trinajstić information content (AvgIpc) is 3.14. The van der Waals surface area contributed by atoms with Crippen LogP contribution in [0.15, 0.2) is 12.3 Å². The van der Waals surface area contributed by atoms with E-state index in [1.54, 1.807) is 23.9 Å². The fourth-order valence-electron chi connectivity index (χ4n) is 3.86. The van der Waals surface area contributed by atoms with E-state index < -0.39 is 12.8 Å². The van der Waals surface area contributed by atoms with E-state index in [4.69, 9.17) is 14.7 Å². The van der Waals surface area contributed by atoms with E-state index in [0.717, 1.165) is 25.3 Å². The van der Waals surface area contributed by atoms with Crippen LogP contribution in [0.5, 0.6) is 0 Å². The molecule has 4 rings (SSSR count). The van der Waals surface area contributed by atoms with E-state index in [1.165, 1.54) is 0 Å². The van der Waals surface area contributed by atoms with Crippen molar-refractivity contribution in [1.29, 1.82) is 0 Å². The number of halogens is 3. The molecule has 4 heterocycles. The second-order valence-corrected chi connectivity index (χ2v) is 8.18. The number of piperazine rings is 1. The second-order valence-electron chi connectivity index (χ2n) is 8.18. The minimum absolute atomic E-state index is 0.122. The third kappa shape index (κ3) is 5.70. The van der Waals surface area contributed by atoms with Crippen molar-refractivity contribution >= 4 is 28.6 Å². The molecule has 10 nitrogen and oxygen atoms in total. The summed E-state index contributed by atoms with van der Waals surface area (Å²) in [4.78, 5) is 20.3. The Labute approximate surface area is 194 Å². The van der Waals surface area contributed by atoms with Gasteiger partial charge in [-0.25, -0.2) is 15.0 Å². The van der Waals surface area contributed by atoms with Crippen LogP contribution in [-0.2, 0) is 17.7 Å². The highest BCUT2D eigenvalue weighted by Crippen LogP contribution is 2.29. The predicted molar refractivity (Wildman–Crippen MR) is 121 cm³/mol. The van der Waals surface area contributed by atoms with Crippen LogP contribution < -0.4 is 15.5 Å². The van der Waals surface area contributed by atoms with E-state index >= 15 is 0 Å². The summed E-state index contributed by atoms with van der Waals surface area (Å²) in [7, 11) is 0. The molecule has 0 aromatic carbocycles. The first kappa shape index (κ1) is 24.1. The number of aromatic nitrogens is 6. The summed E-state index contributed by atoms with van der Waals surface area (Å²) in [5.74, 6) is 2.19. The van der Waals surface area contributed by atoms with Crippen molar-refractivity contribution < 1.29 is 17.9 Å². The smallest absolute Gasteiger partial charge is 0.370 e. The lowest BCUT2D eigenvalue weighted by Gasteiger charge is -2.32. The van der Waals surface area contributed by atoms with Crippen LogP contribution in [0.1, 0.15) is 25.4 Å². The molecular weight excluding hydrogens is 451 g/mol. The Morgan fingerprint density at radius 3 is 2.79 bits per heavy atom. The molecule has 0 spiro atoms. The topological polar surface area (TPSA) is 106 Å². The maximum absolute atomic E-state index is 12.5. The molecule has 1 saturated heterocycles. The maximum atomic E-state index is 12.5. The van der Waals surface area contributed by atoms with E-state index in [1.807, 2.05) is 6.92 Å². The van der Waals surface area contributed by atoms with Crippen molar-refractivity contribution in [2.24, 2.45) is 0 Å². The molecule has 184 valence electrons. The van der Waals surface area contributed by atoms with Gasteiger partial charge in [0.05, 0.1) is 18.8 Å². The summed E-state index contributed by atoms with van der Waals surface area (Å²) >= 11 is 0. The number of ether oxygens (including phenoxy) is 1. The summed E-state index contributed by atoms with van der Waals surface area (Å²) in [6.45, 7) is 6.82. The Bertz CT molecular complexity index is 1130. The van der Waals surface area contributed by atoms with Crippen LogP contribution in [-0.4, -0.2) is 74.8 Å². The van der Waals surface area contributed by atoms with Crippen molar-refractivity contribution in [3.8, 4) is 0 Å². The number of hydrogen-bond donors (Lipinski definition) is 2. The highest BCUT2D eigenvalue weighted by molar-refractivity contribution is 5.90. The molecule has 0 saturated carbocycles. The van der Waals surface area contributed by atoms with Gasteiger partial charge in [0, 0.05) is 31.9 Å². The Hall–Kier alpha value is -3.06. The lowest BCUT2D eigenvalue weighted by molar-refractivity contribution is -0.174. The molecule has 0 bridgehead atoms. The summed E-state index contributed by atoms with van der Waals surface area (Å²) in [5, 5.41) is 11.3. The summed E-state index contributed by atoms with van der Waals surface area (Å²) < 4.78 is 43.9. The van der Waals surface area contributed by atoms with Crippen molar-refractivity contribution in [3.63, 3.8) is 0 Å². The normalized spacial score (nSPS) is 16.9. The average molecular weight is 480 g/mol. The second kappa shape index (κ2) is 10.1. The van der Waals surface area contributed by atoms with Gasteiger partial charge < -0.3 is 20.3 Å². The zero-order chi connectivity index (χ0) is 24.3. The van der Waals surface area contributed by atoms with Gasteiger partial charge in [0.2, 0.25) is 5.95 Å². The van der Waals surface area contributed by atoms with Crippen molar-refractivity contribution in [1.82, 2.24) is 35.0 Å². The zero-order valence-electron chi connectivity index (χ0n) is 19.4. The fraction of sp³-hybridized carbons (Fsp3) is 0.571.